The highest BCUT2D eigenvalue weighted by Crippen LogP contribution is 2.26. The summed E-state index contributed by atoms with van der Waals surface area (Å²) in [5.41, 5.74) is 1.39. The lowest BCUT2D eigenvalue weighted by Gasteiger charge is -2.24. The normalized spacial score (nSPS) is 12.3. The minimum atomic E-state index is -1.61. The van der Waals surface area contributed by atoms with Crippen molar-refractivity contribution in [1.29, 1.82) is 0 Å². The molecule has 0 bridgehead atoms. The third-order valence-corrected chi connectivity index (χ3v) is 3.47. The van der Waals surface area contributed by atoms with Crippen LogP contribution < -0.4 is 0 Å². The fraction of sp³-hybridized carbons (Fsp3) is 0.474. The summed E-state index contributed by atoms with van der Waals surface area (Å²) in [7, 11) is 0. The van der Waals surface area contributed by atoms with Crippen molar-refractivity contribution in [3.8, 4) is 0 Å². The van der Waals surface area contributed by atoms with Gasteiger partial charge in [0.05, 0.1) is 6.08 Å². The lowest BCUT2D eigenvalue weighted by molar-refractivity contribution is -0.321. The number of benzene rings is 1. The maximum atomic E-state index is 11.6. The Balaban J connectivity index is 2.55. The van der Waals surface area contributed by atoms with Crippen molar-refractivity contribution in [1.82, 2.24) is 0 Å². The Morgan fingerprint density at radius 3 is 2.12 bits per heavy atom. The predicted octanol–water partition coefficient (Wildman–Crippen LogP) is 4.48. The van der Waals surface area contributed by atoms with Gasteiger partial charge in [0, 0.05) is 13.8 Å². The summed E-state index contributed by atoms with van der Waals surface area (Å²) in [5, 5.41) is 8.55. The Hall–Kier alpha value is -2.54. The van der Waals surface area contributed by atoms with Crippen molar-refractivity contribution < 1.29 is 33.9 Å². The molecule has 1 N–H and O–H groups in total. The summed E-state index contributed by atoms with van der Waals surface area (Å²) in [5.74, 6) is -2.00. The highest BCUT2D eigenvalue weighted by Gasteiger charge is 2.27. The zero-order valence-electron chi connectivity index (χ0n) is 15.9. The van der Waals surface area contributed by atoms with E-state index in [4.69, 9.17) is 19.6 Å². The molecule has 26 heavy (non-hydrogen) atoms. The number of ether oxygens (including phenoxy) is 2. The van der Waals surface area contributed by atoms with Gasteiger partial charge in [-0.1, -0.05) is 38.1 Å². The van der Waals surface area contributed by atoms with Crippen molar-refractivity contribution in [2.45, 2.75) is 58.8 Å². The van der Waals surface area contributed by atoms with Gasteiger partial charge in [-0.3, -0.25) is 0 Å². The molecule has 0 saturated heterocycles. The first kappa shape index (κ1) is 21.5. The Kier molecular flexibility index (Phi) is 7.20. The molecule has 0 radical (unpaired) electrons. The highest BCUT2D eigenvalue weighted by atomic mass is 17.2. The van der Waals surface area contributed by atoms with E-state index in [0.717, 1.165) is 17.9 Å². The molecular weight excluding hydrogens is 340 g/mol. The molecule has 0 unspecified atom stereocenters. The van der Waals surface area contributed by atoms with E-state index in [-0.39, 0.29) is 0 Å². The number of hydrogen-bond donors (Lipinski definition) is 1. The topological polar surface area (TPSA) is 91.3 Å². The molecule has 0 saturated carbocycles. The molecule has 1 aromatic rings. The van der Waals surface area contributed by atoms with Gasteiger partial charge >= 0.3 is 12.1 Å². The van der Waals surface area contributed by atoms with Gasteiger partial charge in [-0.05, 0) is 30.9 Å². The average Bonchev–Trinajstić information content (AvgIpc) is 2.49. The molecule has 1 aromatic carbocycles. The summed E-state index contributed by atoms with van der Waals surface area (Å²) in [6.07, 6.45) is 0.436. The van der Waals surface area contributed by atoms with Gasteiger partial charge in [0.25, 0.3) is 5.79 Å². The van der Waals surface area contributed by atoms with Crippen molar-refractivity contribution in [3.63, 3.8) is 0 Å². The highest BCUT2D eigenvalue weighted by molar-refractivity contribution is 5.82. The van der Waals surface area contributed by atoms with Gasteiger partial charge in [0.1, 0.15) is 11.9 Å². The fourth-order valence-electron chi connectivity index (χ4n) is 2.06. The molecule has 0 spiro atoms. The molecular formula is C19H26O7. The van der Waals surface area contributed by atoms with Crippen LogP contribution in [-0.4, -0.2) is 23.0 Å². The third-order valence-electron chi connectivity index (χ3n) is 3.47. The SMILES string of the molecule is CC(C)c1ccc(C(C)(C)OOC=CC(=O)OC(C)(C)OC(=O)O)cc1. The number of hydrogen-bond acceptors (Lipinski definition) is 6. The molecule has 0 aliphatic heterocycles. The minimum absolute atomic E-state index is 0.438. The largest absolute Gasteiger partial charge is 0.509 e. The van der Waals surface area contributed by atoms with Crippen LogP contribution in [-0.2, 0) is 29.6 Å². The molecule has 0 atom stereocenters. The summed E-state index contributed by atoms with van der Waals surface area (Å²) in [6, 6.07) is 7.98. The second-order valence-electron chi connectivity index (χ2n) is 6.96. The summed E-state index contributed by atoms with van der Waals surface area (Å²) in [6.45, 7) is 10.5. The van der Waals surface area contributed by atoms with E-state index in [2.05, 4.69) is 18.6 Å². The first-order valence-electron chi connectivity index (χ1n) is 8.19. The van der Waals surface area contributed by atoms with E-state index in [1.807, 2.05) is 38.1 Å². The van der Waals surface area contributed by atoms with E-state index in [9.17, 15) is 9.59 Å². The van der Waals surface area contributed by atoms with E-state index in [0.29, 0.717) is 5.92 Å². The second-order valence-corrected chi connectivity index (χ2v) is 6.96. The van der Waals surface area contributed by atoms with Crippen molar-refractivity contribution in [3.05, 3.63) is 47.7 Å². The first-order valence-corrected chi connectivity index (χ1v) is 8.19. The number of esters is 1. The van der Waals surface area contributed by atoms with Crippen LogP contribution in [0, 0.1) is 0 Å². The van der Waals surface area contributed by atoms with Crippen LogP contribution in [0.4, 0.5) is 4.79 Å². The molecule has 144 valence electrons. The van der Waals surface area contributed by atoms with Crippen LogP contribution in [0.25, 0.3) is 0 Å². The van der Waals surface area contributed by atoms with Crippen LogP contribution in [0.5, 0.6) is 0 Å². The van der Waals surface area contributed by atoms with Gasteiger partial charge < -0.3 is 19.5 Å². The van der Waals surface area contributed by atoms with Crippen LogP contribution in [0.2, 0.25) is 0 Å². The lowest BCUT2D eigenvalue weighted by atomic mass is 9.94. The Morgan fingerprint density at radius 1 is 1.04 bits per heavy atom. The van der Waals surface area contributed by atoms with Crippen LogP contribution >= 0.6 is 0 Å². The molecule has 0 aromatic heterocycles. The quantitative estimate of drug-likeness (QED) is 0.181. The van der Waals surface area contributed by atoms with Crippen LogP contribution in [0.1, 0.15) is 58.6 Å². The molecule has 0 aliphatic carbocycles. The van der Waals surface area contributed by atoms with Gasteiger partial charge in [-0.2, -0.15) is 4.89 Å². The van der Waals surface area contributed by atoms with Gasteiger partial charge in [-0.25, -0.2) is 9.59 Å². The summed E-state index contributed by atoms with van der Waals surface area (Å²) in [4.78, 5) is 32.4. The zero-order valence-corrected chi connectivity index (χ0v) is 15.9. The molecule has 0 heterocycles. The average molecular weight is 366 g/mol. The number of carboxylic acid groups (broad SMARTS) is 1. The van der Waals surface area contributed by atoms with Gasteiger partial charge in [0.15, 0.2) is 0 Å². The lowest BCUT2D eigenvalue weighted by Crippen LogP contribution is -2.32. The smallest absolute Gasteiger partial charge is 0.450 e. The number of rotatable bonds is 8. The van der Waals surface area contributed by atoms with Crippen molar-refractivity contribution in [2.24, 2.45) is 0 Å². The molecule has 0 fully saturated rings. The van der Waals surface area contributed by atoms with Crippen molar-refractivity contribution >= 4 is 12.1 Å². The van der Waals surface area contributed by atoms with Crippen molar-refractivity contribution in [2.75, 3.05) is 0 Å². The van der Waals surface area contributed by atoms with Crippen LogP contribution in [0.15, 0.2) is 36.6 Å². The maximum Gasteiger partial charge on any atom is 0.509 e. The monoisotopic (exact) mass is 366 g/mol. The first-order chi connectivity index (χ1) is 11.9. The summed E-state index contributed by atoms with van der Waals surface area (Å²) >= 11 is 0. The predicted molar refractivity (Wildman–Crippen MR) is 94.1 cm³/mol. The molecule has 0 aliphatic rings. The standard InChI is InChI=1S/C19H26O7/c1-13(2)14-7-9-15(10-8-14)18(3,4)26-23-12-11-16(20)24-19(5,6)25-17(21)22/h7-13H,1-6H3,(H,21,22). The number of carbonyl (C=O) groups excluding carboxylic acids is 1. The molecule has 1 rings (SSSR count). The Labute approximate surface area is 153 Å². The molecule has 0 amide bonds. The second kappa shape index (κ2) is 8.71. The van der Waals surface area contributed by atoms with Gasteiger partial charge in [0.2, 0.25) is 0 Å². The summed E-state index contributed by atoms with van der Waals surface area (Å²) < 4.78 is 9.26. The number of carbonyl (C=O) groups is 2. The van der Waals surface area contributed by atoms with E-state index < -0.39 is 23.5 Å². The van der Waals surface area contributed by atoms with Crippen LogP contribution in [0.3, 0.4) is 0 Å². The zero-order chi connectivity index (χ0) is 20.0. The van der Waals surface area contributed by atoms with E-state index in [1.165, 1.54) is 19.4 Å². The van der Waals surface area contributed by atoms with E-state index in [1.54, 1.807) is 0 Å². The third kappa shape index (κ3) is 7.14. The van der Waals surface area contributed by atoms with Gasteiger partial charge in [-0.15, -0.1) is 0 Å². The minimum Gasteiger partial charge on any atom is -0.450 e. The Bertz CT molecular complexity index is 642. The molecule has 7 heteroatoms. The molecule has 7 nitrogen and oxygen atoms in total. The fourth-order valence-corrected chi connectivity index (χ4v) is 2.06. The maximum absolute atomic E-state index is 11.6. The Morgan fingerprint density at radius 2 is 1.62 bits per heavy atom. The van der Waals surface area contributed by atoms with E-state index >= 15 is 0 Å².